The van der Waals surface area contributed by atoms with E-state index >= 15 is 0 Å². The number of hydrogen-bond acceptors (Lipinski definition) is 2. The molecule has 0 bridgehead atoms. The van der Waals surface area contributed by atoms with E-state index in [0.717, 1.165) is 5.92 Å². The van der Waals surface area contributed by atoms with Gasteiger partial charge >= 0.3 is 0 Å². The molecule has 0 spiro atoms. The summed E-state index contributed by atoms with van der Waals surface area (Å²) in [6, 6.07) is 0. The number of rotatable bonds is 7. The van der Waals surface area contributed by atoms with Crippen molar-refractivity contribution in [3.8, 4) is 0 Å². The molecule has 1 unspecified atom stereocenters. The van der Waals surface area contributed by atoms with Crippen LogP contribution in [0.25, 0.3) is 0 Å². The van der Waals surface area contributed by atoms with Gasteiger partial charge in [0.1, 0.15) is 0 Å². The van der Waals surface area contributed by atoms with E-state index in [1.807, 2.05) is 0 Å². The van der Waals surface area contributed by atoms with Crippen molar-refractivity contribution in [3.63, 3.8) is 0 Å². The summed E-state index contributed by atoms with van der Waals surface area (Å²) < 4.78 is 0. The van der Waals surface area contributed by atoms with E-state index in [2.05, 4.69) is 37.9 Å². The van der Waals surface area contributed by atoms with Gasteiger partial charge in [-0.25, -0.2) is 0 Å². The molecule has 0 aromatic heterocycles. The van der Waals surface area contributed by atoms with E-state index < -0.39 is 0 Å². The lowest BCUT2D eigenvalue weighted by Gasteiger charge is -2.54. The molecule has 0 amide bonds. The van der Waals surface area contributed by atoms with Crippen molar-refractivity contribution in [2.75, 3.05) is 19.6 Å². The first-order valence-corrected chi connectivity index (χ1v) is 8.60. The van der Waals surface area contributed by atoms with E-state index in [4.69, 9.17) is 0 Å². The molecule has 1 aliphatic heterocycles. The number of nitrogens with zero attached hydrogens (tertiary/aromatic N) is 1. The van der Waals surface area contributed by atoms with E-state index in [-0.39, 0.29) is 0 Å². The summed E-state index contributed by atoms with van der Waals surface area (Å²) >= 11 is 0. The maximum Gasteiger partial charge on any atom is 0.0329 e. The lowest BCUT2D eigenvalue weighted by molar-refractivity contribution is -0.00438. The minimum absolute atomic E-state index is 0.389. The first-order valence-electron chi connectivity index (χ1n) is 8.60. The number of hydrogen-bond donors (Lipinski definition) is 1. The molecule has 2 rings (SSSR count). The normalized spacial score (nSPS) is 31.6. The van der Waals surface area contributed by atoms with Crippen LogP contribution in [0.2, 0.25) is 0 Å². The molecule has 2 nitrogen and oxygen atoms in total. The minimum atomic E-state index is 0.389. The second kappa shape index (κ2) is 6.13. The van der Waals surface area contributed by atoms with Gasteiger partial charge in [-0.15, -0.1) is 0 Å². The molecule has 0 radical (unpaired) electrons. The van der Waals surface area contributed by atoms with Gasteiger partial charge in [-0.3, -0.25) is 4.90 Å². The molecule has 1 aliphatic carbocycles. The molecule has 2 aliphatic rings. The summed E-state index contributed by atoms with van der Waals surface area (Å²) in [4.78, 5) is 2.84. The second-order valence-corrected chi connectivity index (χ2v) is 7.11. The Labute approximate surface area is 120 Å². The highest BCUT2D eigenvalue weighted by Crippen LogP contribution is 2.43. The Kier molecular flexibility index (Phi) is 4.94. The van der Waals surface area contributed by atoms with Crippen molar-refractivity contribution in [2.45, 2.75) is 83.7 Å². The summed E-state index contributed by atoms with van der Waals surface area (Å²) in [5.41, 5.74) is 0.808. The Balaban J connectivity index is 2.04. The molecular formula is C17H34N2. The molecule has 0 aromatic carbocycles. The fraction of sp³-hybridized carbons (Fsp3) is 1.00. The standard InChI is InChI=1S/C17H34N2/c1-5-8-9-12-19-14-16(4,15-10-11-15)18-13-17(19,6-2)7-3/h15,18H,5-14H2,1-4H3. The van der Waals surface area contributed by atoms with E-state index in [0.29, 0.717) is 11.1 Å². The number of nitrogens with one attached hydrogen (secondary N) is 1. The molecule has 0 aromatic rings. The van der Waals surface area contributed by atoms with Gasteiger partial charge in [0.2, 0.25) is 0 Å². The molecule has 112 valence electrons. The average molecular weight is 266 g/mol. The van der Waals surface area contributed by atoms with Gasteiger partial charge in [0.15, 0.2) is 0 Å². The Morgan fingerprint density at radius 2 is 1.79 bits per heavy atom. The summed E-state index contributed by atoms with van der Waals surface area (Å²) in [5, 5.41) is 3.93. The first kappa shape index (κ1) is 15.3. The van der Waals surface area contributed by atoms with Gasteiger partial charge in [0, 0.05) is 24.2 Å². The summed E-state index contributed by atoms with van der Waals surface area (Å²) in [7, 11) is 0. The molecule has 2 heteroatoms. The topological polar surface area (TPSA) is 15.3 Å². The van der Waals surface area contributed by atoms with Crippen LogP contribution < -0.4 is 5.32 Å². The third-order valence-electron chi connectivity index (χ3n) is 5.84. The van der Waals surface area contributed by atoms with Gasteiger partial charge in [-0.2, -0.15) is 0 Å². The van der Waals surface area contributed by atoms with Gasteiger partial charge in [-0.1, -0.05) is 33.6 Å². The highest BCUT2D eigenvalue weighted by molar-refractivity contribution is 5.08. The lowest BCUT2D eigenvalue weighted by Crippen LogP contribution is -2.69. The average Bonchev–Trinajstić information content (AvgIpc) is 3.25. The van der Waals surface area contributed by atoms with Crippen LogP contribution in [0.5, 0.6) is 0 Å². The monoisotopic (exact) mass is 266 g/mol. The Morgan fingerprint density at radius 1 is 1.11 bits per heavy atom. The molecule has 19 heavy (non-hydrogen) atoms. The molecule has 2 fully saturated rings. The van der Waals surface area contributed by atoms with Gasteiger partial charge in [-0.05, 0) is 51.5 Å². The van der Waals surface area contributed by atoms with Crippen LogP contribution in [0.4, 0.5) is 0 Å². The zero-order valence-electron chi connectivity index (χ0n) is 13.6. The summed E-state index contributed by atoms with van der Waals surface area (Å²) in [6.45, 7) is 13.3. The van der Waals surface area contributed by atoms with Crippen LogP contribution >= 0.6 is 0 Å². The van der Waals surface area contributed by atoms with Crippen LogP contribution in [0.3, 0.4) is 0 Å². The summed E-state index contributed by atoms with van der Waals surface area (Å²) in [5.74, 6) is 0.938. The van der Waals surface area contributed by atoms with Crippen molar-refractivity contribution in [2.24, 2.45) is 5.92 Å². The van der Waals surface area contributed by atoms with Crippen molar-refractivity contribution >= 4 is 0 Å². The number of piperazine rings is 1. The van der Waals surface area contributed by atoms with Crippen LogP contribution in [-0.4, -0.2) is 35.6 Å². The smallest absolute Gasteiger partial charge is 0.0329 e. The van der Waals surface area contributed by atoms with Crippen LogP contribution in [0, 0.1) is 5.92 Å². The number of unbranched alkanes of at least 4 members (excludes halogenated alkanes) is 2. The maximum atomic E-state index is 3.93. The van der Waals surface area contributed by atoms with Gasteiger partial charge in [0.05, 0.1) is 0 Å². The fourth-order valence-electron chi connectivity index (χ4n) is 3.91. The quantitative estimate of drug-likeness (QED) is 0.705. The van der Waals surface area contributed by atoms with Gasteiger partial charge < -0.3 is 5.32 Å². The second-order valence-electron chi connectivity index (χ2n) is 7.11. The first-order chi connectivity index (χ1) is 9.10. The lowest BCUT2D eigenvalue weighted by atomic mass is 9.81. The maximum absolute atomic E-state index is 3.93. The fourth-order valence-corrected chi connectivity index (χ4v) is 3.91. The molecule has 1 saturated heterocycles. The Morgan fingerprint density at radius 3 is 2.32 bits per heavy atom. The van der Waals surface area contributed by atoms with Crippen molar-refractivity contribution in [1.29, 1.82) is 0 Å². The molecule has 1 atom stereocenters. The highest BCUT2D eigenvalue weighted by atomic mass is 15.3. The zero-order chi connectivity index (χ0) is 13.9. The Bertz CT molecular complexity index is 281. The van der Waals surface area contributed by atoms with E-state index in [1.54, 1.807) is 0 Å². The predicted octanol–water partition coefficient (Wildman–Crippen LogP) is 3.81. The molecular weight excluding hydrogens is 232 g/mol. The SMILES string of the molecule is CCCCCN1CC(C)(C2CC2)NCC1(CC)CC. The predicted molar refractivity (Wildman–Crippen MR) is 83.5 cm³/mol. The third kappa shape index (κ3) is 3.16. The zero-order valence-corrected chi connectivity index (χ0v) is 13.6. The molecule has 1 heterocycles. The largest absolute Gasteiger partial charge is 0.308 e. The van der Waals surface area contributed by atoms with Crippen molar-refractivity contribution in [3.05, 3.63) is 0 Å². The van der Waals surface area contributed by atoms with E-state index in [1.165, 1.54) is 64.6 Å². The van der Waals surface area contributed by atoms with Crippen LogP contribution in [-0.2, 0) is 0 Å². The minimum Gasteiger partial charge on any atom is -0.308 e. The van der Waals surface area contributed by atoms with Crippen LogP contribution in [0.15, 0.2) is 0 Å². The van der Waals surface area contributed by atoms with Crippen molar-refractivity contribution in [1.82, 2.24) is 10.2 Å². The molecule has 1 saturated carbocycles. The van der Waals surface area contributed by atoms with E-state index in [9.17, 15) is 0 Å². The van der Waals surface area contributed by atoms with Crippen LogP contribution in [0.1, 0.15) is 72.6 Å². The summed E-state index contributed by atoms with van der Waals surface area (Å²) in [6.07, 6.45) is 9.53. The van der Waals surface area contributed by atoms with Crippen molar-refractivity contribution < 1.29 is 0 Å². The third-order valence-corrected chi connectivity index (χ3v) is 5.84. The Hall–Kier alpha value is -0.0800. The highest BCUT2D eigenvalue weighted by Gasteiger charge is 2.49. The van der Waals surface area contributed by atoms with Gasteiger partial charge in [0.25, 0.3) is 0 Å². The molecule has 1 N–H and O–H groups in total.